The molecule has 0 aromatic heterocycles. The van der Waals surface area contributed by atoms with Crippen molar-refractivity contribution in [1.29, 1.82) is 0 Å². The van der Waals surface area contributed by atoms with E-state index in [0.29, 0.717) is 24.5 Å². The van der Waals surface area contributed by atoms with Crippen LogP contribution in [-0.4, -0.2) is 47.0 Å². The minimum absolute atomic E-state index is 0.226. The Kier molecular flexibility index (Phi) is 6.43. The molecule has 1 heterocycles. The van der Waals surface area contributed by atoms with Crippen molar-refractivity contribution in [3.05, 3.63) is 34.9 Å². The molecule has 8 heteroatoms. The van der Waals surface area contributed by atoms with Crippen LogP contribution < -0.4 is 10.6 Å². The molecule has 0 radical (unpaired) electrons. The zero-order valence-corrected chi connectivity index (χ0v) is 13.9. The molecule has 0 spiro atoms. The lowest BCUT2D eigenvalue weighted by Crippen LogP contribution is -2.51. The van der Waals surface area contributed by atoms with Gasteiger partial charge in [0, 0.05) is 18.1 Å². The fourth-order valence-corrected chi connectivity index (χ4v) is 2.72. The highest BCUT2D eigenvalue weighted by Crippen LogP contribution is 2.17. The molecule has 3 amide bonds. The summed E-state index contributed by atoms with van der Waals surface area (Å²) in [6.45, 7) is 0.485. The Bertz CT molecular complexity index is 606. The van der Waals surface area contributed by atoms with Gasteiger partial charge in [-0.2, -0.15) is 0 Å². The number of nitrogens with one attached hydrogen (secondary N) is 2. The lowest BCUT2D eigenvalue weighted by molar-refractivity contribution is -0.151. The SMILES string of the molecule is O=C(NCC(=O)N1CCCCC1C(=O)O)NCc1ccc(Cl)cc1. The van der Waals surface area contributed by atoms with Crippen LogP contribution >= 0.6 is 11.6 Å². The molecule has 0 bridgehead atoms. The fraction of sp³-hybridized carbons (Fsp3) is 0.438. The summed E-state index contributed by atoms with van der Waals surface area (Å²) < 4.78 is 0. The molecule has 7 nitrogen and oxygen atoms in total. The lowest BCUT2D eigenvalue weighted by atomic mass is 10.0. The third kappa shape index (κ3) is 5.13. The number of carboxylic acid groups (broad SMARTS) is 1. The molecule has 1 atom stereocenters. The lowest BCUT2D eigenvalue weighted by Gasteiger charge is -2.33. The summed E-state index contributed by atoms with van der Waals surface area (Å²) in [7, 11) is 0. The molecule has 0 saturated carbocycles. The molecule has 2 rings (SSSR count). The molecule has 1 aromatic carbocycles. The van der Waals surface area contributed by atoms with Crippen LogP contribution in [0.25, 0.3) is 0 Å². The molecule has 1 aromatic rings. The number of rotatable bonds is 5. The predicted molar refractivity (Wildman–Crippen MR) is 88.7 cm³/mol. The largest absolute Gasteiger partial charge is 0.480 e. The average molecular weight is 354 g/mol. The Morgan fingerprint density at radius 3 is 2.54 bits per heavy atom. The maximum Gasteiger partial charge on any atom is 0.326 e. The van der Waals surface area contributed by atoms with Gasteiger partial charge in [-0.3, -0.25) is 4.79 Å². The van der Waals surface area contributed by atoms with Gasteiger partial charge in [-0.05, 0) is 37.0 Å². The number of hydrogen-bond donors (Lipinski definition) is 3. The number of halogens is 1. The second-order valence-corrected chi connectivity index (χ2v) is 6.04. The number of piperidine rings is 1. The van der Waals surface area contributed by atoms with E-state index in [1.807, 2.05) is 0 Å². The zero-order chi connectivity index (χ0) is 17.5. The number of hydrogen-bond acceptors (Lipinski definition) is 3. The first-order valence-electron chi connectivity index (χ1n) is 7.76. The first-order valence-corrected chi connectivity index (χ1v) is 8.13. The summed E-state index contributed by atoms with van der Waals surface area (Å²) in [5.41, 5.74) is 0.878. The van der Waals surface area contributed by atoms with E-state index in [1.165, 1.54) is 4.90 Å². The minimum Gasteiger partial charge on any atom is -0.480 e. The summed E-state index contributed by atoms with van der Waals surface area (Å²) in [5.74, 6) is -1.39. The van der Waals surface area contributed by atoms with Crippen molar-refractivity contribution >= 4 is 29.5 Å². The quantitative estimate of drug-likeness (QED) is 0.748. The number of urea groups is 1. The third-order valence-corrected chi connectivity index (χ3v) is 4.13. The molecule has 1 saturated heterocycles. The molecule has 1 aliphatic heterocycles. The number of likely N-dealkylation sites (tertiary alicyclic amines) is 1. The number of carboxylic acids is 1. The second kappa shape index (κ2) is 8.54. The van der Waals surface area contributed by atoms with Crippen LogP contribution in [0.1, 0.15) is 24.8 Å². The molecule has 24 heavy (non-hydrogen) atoms. The van der Waals surface area contributed by atoms with Crippen molar-refractivity contribution in [2.24, 2.45) is 0 Å². The Hall–Kier alpha value is -2.28. The number of carbonyl (C=O) groups is 3. The van der Waals surface area contributed by atoms with Crippen LogP contribution in [0.5, 0.6) is 0 Å². The number of amides is 3. The first-order chi connectivity index (χ1) is 11.5. The van der Waals surface area contributed by atoms with Crippen LogP contribution in [-0.2, 0) is 16.1 Å². The highest BCUT2D eigenvalue weighted by atomic mass is 35.5. The van der Waals surface area contributed by atoms with Crippen molar-refractivity contribution in [1.82, 2.24) is 15.5 Å². The van der Waals surface area contributed by atoms with Gasteiger partial charge in [0.2, 0.25) is 5.91 Å². The number of nitrogens with zero attached hydrogens (tertiary/aromatic N) is 1. The van der Waals surface area contributed by atoms with E-state index in [0.717, 1.165) is 18.4 Å². The standard InChI is InChI=1S/C16H20ClN3O4/c17-12-6-4-11(5-7-12)9-18-16(24)19-10-14(21)20-8-2-1-3-13(20)15(22)23/h4-7,13H,1-3,8-10H2,(H,22,23)(H2,18,19,24). The average Bonchev–Trinajstić information content (AvgIpc) is 2.59. The molecule has 3 N–H and O–H groups in total. The van der Waals surface area contributed by atoms with Gasteiger partial charge in [0.15, 0.2) is 0 Å². The molecule has 1 unspecified atom stereocenters. The van der Waals surface area contributed by atoms with Gasteiger partial charge >= 0.3 is 12.0 Å². The van der Waals surface area contributed by atoms with Gasteiger partial charge in [0.1, 0.15) is 6.04 Å². The molecule has 130 valence electrons. The highest BCUT2D eigenvalue weighted by molar-refractivity contribution is 6.30. The molecular weight excluding hydrogens is 334 g/mol. The van der Waals surface area contributed by atoms with Gasteiger partial charge < -0.3 is 20.6 Å². The van der Waals surface area contributed by atoms with Crippen molar-refractivity contribution in [2.45, 2.75) is 31.8 Å². The van der Waals surface area contributed by atoms with E-state index >= 15 is 0 Å². The van der Waals surface area contributed by atoms with Crippen LogP contribution in [0, 0.1) is 0 Å². The third-order valence-electron chi connectivity index (χ3n) is 3.87. The summed E-state index contributed by atoms with van der Waals surface area (Å²) in [6.07, 6.45) is 2.01. The summed E-state index contributed by atoms with van der Waals surface area (Å²) >= 11 is 5.78. The maximum atomic E-state index is 12.1. The number of aliphatic carboxylic acids is 1. The van der Waals surface area contributed by atoms with Gasteiger partial charge in [-0.1, -0.05) is 23.7 Å². The van der Waals surface area contributed by atoms with Crippen molar-refractivity contribution in [3.63, 3.8) is 0 Å². The minimum atomic E-state index is -1.00. The van der Waals surface area contributed by atoms with Crippen molar-refractivity contribution < 1.29 is 19.5 Å². The predicted octanol–water partition coefficient (Wildman–Crippen LogP) is 1.60. The van der Waals surface area contributed by atoms with Crippen LogP contribution in [0.15, 0.2) is 24.3 Å². The van der Waals surface area contributed by atoms with Gasteiger partial charge in [0.05, 0.1) is 6.54 Å². The summed E-state index contributed by atoms with van der Waals surface area (Å²) in [5, 5.41) is 14.9. The van der Waals surface area contributed by atoms with Crippen LogP contribution in [0.4, 0.5) is 4.79 Å². The van der Waals surface area contributed by atoms with Crippen LogP contribution in [0.3, 0.4) is 0 Å². The molecular formula is C16H20ClN3O4. The molecule has 0 aliphatic carbocycles. The van der Waals surface area contributed by atoms with Crippen molar-refractivity contribution in [3.8, 4) is 0 Å². The summed E-state index contributed by atoms with van der Waals surface area (Å²) in [4.78, 5) is 36.4. The van der Waals surface area contributed by atoms with Crippen LogP contribution in [0.2, 0.25) is 5.02 Å². The molecule has 1 fully saturated rings. The Balaban J connectivity index is 1.77. The Morgan fingerprint density at radius 1 is 1.17 bits per heavy atom. The second-order valence-electron chi connectivity index (χ2n) is 5.60. The first kappa shape index (κ1) is 18.1. The Labute approximate surface area is 145 Å². The van der Waals surface area contributed by atoms with Crippen molar-refractivity contribution in [2.75, 3.05) is 13.1 Å². The smallest absolute Gasteiger partial charge is 0.326 e. The van der Waals surface area contributed by atoms with E-state index in [4.69, 9.17) is 16.7 Å². The van der Waals surface area contributed by atoms with E-state index in [2.05, 4.69) is 10.6 Å². The zero-order valence-electron chi connectivity index (χ0n) is 13.1. The van der Waals surface area contributed by atoms with E-state index < -0.39 is 18.0 Å². The fourth-order valence-electron chi connectivity index (χ4n) is 2.59. The van der Waals surface area contributed by atoms with Gasteiger partial charge in [-0.25, -0.2) is 9.59 Å². The van der Waals surface area contributed by atoms with Gasteiger partial charge in [0.25, 0.3) is 0 Å². The topological polar surface area (TPSA) is 98.7 Å². The number of benzene rings is 1. The van der Waals surface area contributed by atoms with E-state index in [9.17, 15) is 14.4 Å². The van der Waals surface area contributed by atoms with E-state index in [1.54, 1.807) is 24.3 Å². The number of carbonyl (C=O) groups excluding carboxylic acids is 2. The molecule has 1 aliphatic rings. The van der Waals surface area contributed by atoms with E-state index in [-0.39, 0.29) is 12.5 Å². The monoisotopic (exact) mass is 353 g/mol. The maximum absolute atomic E-state index is 12.1. The normalized spacial score (nSPS) is 17.2. The Morgan fingerprint density at radius 2 is 1.88 bits per heavy atom. The highest BCUT2D eigenvalue weighted by Gasteiger charge is 2.31. The summed E-state index contributed by atoms with van der Waals surface area (Å²) in [6, 6.07) is 5.75. The van der Waals surface area contributed by atoms with Gasteiger partial charge in [-0.15, -0.1) is 0 Å².